The Morgan fingerprint density at radius 2 is 0.873 bits per heavy atom. The van der Waals surface area contributed by atoms with Crippen molar-refractivity contribution in [3.63, 3.8) is 0 Å². The number of carbonyl (C=O) groups excluding carboxylic acids is 1. The molecule has 2 unspecified atom stereocenters. The average Bonchev–Trinajstić information content (AvgIpc) is 3.15. The molecule has 322 valence electrons. The third-order valence-electron chi connectivity index (χ3n) is 10.5. The molecule has 0 aromatic carbocycles. The zero-order valence-corrected chi connectivity index (χ0v) is 36.9. The maximum Gasteiger partial charge on any atom is 0.266 e. The minimum atomic E-state index is -4.32. The third kappa shape index (κ3) is 43.3. The highest BCUT2D eigenvalue weighted by Crippen LogP contribution is 2.17. The molecule has 0 aromatic heterocycles. The first-order valence-electron chi connectivity index (χ1n) is 23.3. The molecule has 0 saturated carbocycles. The predicted molar refractivity (Wildman–Crippen MR) is 239 cm³/mol. The van der Waals surface area contributed by atoms with Gasteiger partial charge in [-0.15, -0.1) is 0 Å². The van der Waals surface area contributed by atoms with Crippen molar-refractivity contribution in [1.29, 1.82) is 0 Å². The number of hydrogen-bond donors (Lipinski definition) is 3. The van der Waals surface area contributed by atoms with Crippen LogP contribution in [0.2, 0.25) is 0 Å². The normalized spacial score (nSPS) is 13.6. The fourth-order valence-corrected chi connectivity index (χ4v) is 7.85. The lowest BCUT2D eigenvalue weighted by atomic mass is 10.0. The SMILES string of the molecule is CC/C=C\C/C=C\C/C=C\C/C=C\CCCCCCCCC(=O)NC(CS(=O)(=O)O)C(O)CCCCCCCCCCCCCCCCCCCCCCC. The Labute approximate surface area is 341 Å². The highest BCUT2D eigenvalue weighted by atomic mass is 32.2. The van der Waals surface area contributed by atoms with Gasteiger partial charge in [0.05, 0.1) is 17.9 Å². The van der Waals surface area contributed by atoms with E-state index >= 15 is 0 Å². The summed E-state index contributed by atoms with van der Waals surface area (Å²) in [7, 11) is -4.32. The maximum atomic E-state index is 12.6. The van der Waals surface area contributed by atoms with E-state index in [1.165, 1.54) is 128 Å². The van der Waals surface area contributed by atoms with E-state index in [9.17, 15) is 22.9 Å². The van der Waals surface area contributed by atoms with Crippen LogP contribution in [0.1, 0.15) is 232 Å². The maximum absolute atomic E-state index is 12.6. The van der Waals surface area contributed by atoms with E-state index in [2.05, 4.69) is 67.8 Å². The molecule has 1 amide bonds. The van der Waals surface area contributed by atoms with Gasteiger partial charge in [-0.3, -0.25) is 9.35 Å². The van der Waals surface area contributed by atoms with Gasteiger partial charge < -0.3 is 10.4 Å². The Hall–Kier alpha value is -1.70. The summed E-state index contributed by atoms with van der Waals surface area (Å²) < 4.78 is 32.7. The highest BCUT2D eigenvalue weighted by Gasteiger charge is 2.26. The van der Waals surface area contributed by atoms with Crippen LogP contribution in [-0.4, -0.2) is 41.9 Å². The first kappa shape index (κ1) is 53.3. The van der Waals surface area contributed by atoms with Crippen LogP contribution in [0.5, 0.6) is 0 Å². The Morgan fingerprint density at radius 1 is 0.509 bits per heavy atom. The number of nitrogens with one attached hydrogen (secondary N) is 1. The van der Waals surface area contributed by atoms with Crippen LogP contribution in [0.3, 0.4) is 0 Å². The molecule has 0 radical (unpaired) electrons. The molecule has 0 aliphatic rings. The molecule has 0 aliphatic heterocycles. The van der Waals surface area contributed by atoms with Crippen LogP contribution in [-0.2, 0) is 14.9 Å². The second-order valence-electron chi connectivity index (χ2n) is 16.0. The van der Waals surface area contributed by atoms with Crippen LogP contribution in [0.4, 0.5) is 0 Å². The first-order chi connectivity index (χ1) is 26.8. The van der Waals surface area contributed by atoms with E-state index in [1.54, 1.807) is 0 Å². The summed E-state index contributed by atoms with van der Waals surface area (Å²) in [6, 6.07) is -0.981. The molecule has 0 aromatic rings. The second kappa shape index (κ2) is 41.9. The van der Waals surface area contributed by atoms with Crippen molar-refractivity contribution >= 4 is 16.0 Å². The number of unbranched alkanes of at least 4 members (excludes halogenated alkanes) is 26. The molecule has 55 heavy (non-hydrogen) atoms. The molecule has 0 saturated heterocycles. The lowest BCUT2D eigenvalue weighted by molar-refractivity contribution is -0.122. The monoisotopic (exact) mass is 792 g/mol. The molecule has 2 atom stereocenters. The van der Waals surface area contributed by atoms with Crippen LogP contribution < -0.4 is 5.32 Å². The van der Waals surface area contributed by atoms with Gasteiger partial charge in [-0.2, -0.15) is 8.42 Å². The van der Waals surface area contributed by atoms with Crippen LogP contribution in [0.25, 0.3) is 0 Å². The van der Waals surface area contributed by atoms with E-state index in [-0.39, 0.29) is 5.91 Å². The van der Waals surface area contributed by atoms with Crippen molar-refractivity contribution < 1.29 is 22.9 Å². The van der Waals surface area contributed by atoms with E-state index < -0.39 is 28.0 Å². The molecule has 3 N–H and O–H groups in total. The molecule has 6 nitrogen and oxygen atoms in total. The minimum Gasteiger partial charge on any atom is -0.391 e. The van der Waals surface area contributed by atoms with Crippen molar-refractivity contribution in [1.82, 2.24) is 5.32 Å². The quantitative estimate of drug-likeness (QED) is 0.0324. The Balaban J connectivity index is 3.82. The Morgan fingerprint density at radius 3 is 1.29 bits per heavy atom. The van der Waals surface area contributed by atoms with Gasteiger partial charge in [-0.05, 0) is 51.4 Å². The third-order valence-corrected chi connectivity index (χ3v) is 11.3. The molecule has 0 spiro atoms. The number of carbonyl (C=O) groups is 1. The second-order valence-corrected chi connectivity index (χ2v) is 17.5. The Bertz CT molecular complexity index is 1050. The number of hydrogen-bond acceptors (Lipinski definition) is 4. The first-order valence-corrected chi connectivity index (χ1v) is 24.9. The van der Waals surface area contributed by atoms with Crippen molar-refractivity contribution in [3.05, 3.63) is 48.6 Å². The summed E-state index contributed by atoms with van der Waals surface area (Å²) in [5.74, 6) is -0.913. The highest BCUT2D eigenvalue weighted by molar-refractivity contribution is 7.85. The summed E-state index contributed by atoms with van der Waals surface area (Å²) >= 11 is 0. The summed E-state index contributed by atoms with van der Waals surface area (Å²) in [4.78, 5) is 12.6. The minimum absolute atomic E-state index is 0.258. The van der Waals surface area contributed by atoms with Gasteiger partial charge in [-0.25, -0.2) is 0 Å². The largest absolute Gasteiger partial charge is 0.391 e. The van der Waals surface area contributed by atoms with Gasteiger partial charge in [0.25, 0.3) is 10.1 Å². The predicted octanol–water partition coefficient (Wildman–Crippen LogP) is 14.2. The number of rotatable bonds is 42. The number of aliphatic hydroxyl groups excluding tert-OH is 1. The van der Waals surface area contributed by atoms with Crippen molar-refractivity contribution in [2.45, 2.75) is 244 Å². The van der Waals surface area contributed by atoms with E-state index in [4.69, 9.17) is 0 Å². The zero-order valence-electron chi connectivity index (χ0n) is 36.0. The van der Waals surface area contributed by atoms with Crippen LogP contribution >= 0.6 is 0 Å². The molecule has 0 fully saturated rings. The molecular formula is C48H89NO5S. The molecule has 0 bridgehead atoms. The van der Waals surface area contributed by atoms with Crippen molar-refractivity contribution in [2.75, 3.05) is 5.75 Å². The lowest BCUT2D eigenvalue weighted by Gasteiger charge is -2.23. The molecule has 7 heteroatoms. The van der Waals surface area contributed by atoms with E-state index in [0.29, 0.717) is 12.8 Å². The molecule has 0 heterocycles. The summed E-state index contributed by atoms with van der Waals surface area (Å²) in [6.07, 6.45) is 56.4. The summed E-state index contributed by atoms with van der Waals surface area (Å²) in [5, 5.41) is 13.4. The zero-order chi connectivity index (χ0) is 40.3. The van der Waals surface area contributed by atoms with Crippen LogP contribution in [0, 0.1) is 0 Å². The summed E-state index contributed by atoms with van der Waals surface area (Å²) in [6.45, 7) is 4.43. The summed E-state index contributed by atoms with van der Waals surface area (Å²) in [5.41, 5.74) is 0. The van der Waals surface area contributed by atoms with Gasteiger partial charge in [-0.1, -0.05) is 223 Å². The average molecular weight is 792 g/mol. The van der Waals surface area contributed by atoms with E-state index in [0.717, 1.165) is 77.0 Å². The van der Waals surface area contributed by atoms with Crippen LogP contribution in [0.15, 0.2) is 48.6 Å². The van der Waals surface area contributed by atoms with Gasteiger partial charge in [0.1, 0.15) is 0 Å². The van der Waals surface area contributed by atoms with Gasteiger partial charge in [0, 0.05) is 6.42 Å². The van der Waals surface area contributed by atoms with Gasteiger partial charge >= 0.3 is 0 Å². The number of allylic oxidation sites excluding steroid dienone is 8. The smallest absolute Gasteiger partial charge is 0.266 e. The van der Waals surface area contributed by atoms with Gasteiger partial charge in [0.15, 0.2) is 0 Å². The number of amides is 1. The molecule has 0 rings (SSSR count). The molecule has 0 aliphatic carbocycles. The standard InChI is InChI=1S/C48H89NO5S/c1-3-5-7-9-11-13-15-17-19-21-23-24-26-27-29-31-33-35-37-39-41-43-47(50)46(45-55(52,53)54)49-48(51)44-42-40-38-36-34-32-30-28-25-22-20-18-16-14-12-10-8-6-4-2/h6,8,12,14,18,20,25,28,46-47,50H,3-5,7,9-11,13,15-17,19,21-24,26-27,29-45H2,1-2H3,(H,49,51)(H,52,53,54)/b8-6-,14-12-,20-18-,28-25-. The number of aliphatic hydroxyl groups is 1. The van der Waals surface area contributed by atoms with Crippen molar-refractivity contribution in [2.24, 2.45) is 0 Å². The van der Waals surface area contributed by atoms with Crippen molar-refractivity contribution in [3.8, 4) is 0 Å². The lowest BCUT2D eigenvalue weighted by Crippen LogP contribution is -2.47. The van der Waals surface area contributed by atoms with E-state index in [1.807, 2.05) is 0 Å². The molecular weight excluding hydrogens is 703 g/mol. The fraction of sp³-hybridized carbons (Fsp3) is 0.812. The fourth-order valence-electron chi connectivity index (χ4n) is 7.09. The van der Waals surface area contributed by atoms with Gasteiger partial charge in [0.2, 0.25) is 5.91 Å². The topological polar surface area (TPSA) is 104 Å². The Kier molecular flexibility index (Phi) is 40.6.